The van der Waals surface area contributed by atoms with E-state index in [1.807, 2.05) is 23.7 Å². The lowest BCUT2D eigenvalue weighted by molar-refractivity contribution is 0.478. The highest BCUT2D eigenvalue weighted by atomic mass is 35.5. The molecule has 2 heterocycles. The molecule has 2 nitrogen and oxygen atoms in total. The van der Waals surface area contributed by atoms with Crippen LogP contribution in [0.5, 0.6) is 0 Å². The van der Waals surface area contributed by atoms with Gasteiger partial charge in [0.15, 0.2) is 0 Å². The van der Waals surface area contributed by atoms with Crippen LogP contribution in [0.4, 0.5) is 0 Å². The fourth-order valence-corrected chi connectivity index (χ4v) is 2.95. The van der Waals surface area contributed by atoms with Crippen LogP contribution in [0.25, 0.3) is 11.3 Å². The van der Waals surface area contributed by atoms with Crippen molar-refractivity contribution in [1.82, 2.24) is 9.78 Å². The summed E-state index contributed by atoms with van der Waals surface area (Å²) in [6.45, 7) is 2.98. The number of aryl methyl sites for hydroxylation is 1. The van der Waals surface area contributed by atoms with Gasteiger partial charge in [0.1, 0.15) is 0 Å². The Kier molecular flexibility index (Phi) is 3.08. The molecule has 1 aliphatic heterocycles. The normalized spacial score (nSPS) is 18.7. The van der Waals surface area contributed by atoms with Gasteiger partial charge in [-0.3, -0.25) is 4.68 Å². The van der Waals surface area contributed by atoms with Gasteiger partial charge in [0.2, 0.25) is 0 Å². The molecule has 0 bridgehead atoms. The van der Waals surface area contributed by atoms with Crippen molar-refractivity contribution in [3.05, 3.63) is 40.5 Å². The van der Waals surface area contributed by atoms with E-state index in [2.05, 4.69) is 17.2 Å². The molecule has 2 aromatic rings. The minimum Gasteiger partial charge on any atom is -0.267 e. The maximum Gasteiger partial charge on any atom is 0.0929 e. The Labute approximate surface area is 117 Å². The Morgan fingerprint density at radius 1 is 1.39 bits per heavy atom. The largest absolute Gasteiger partial charge is 0.267 e. The number of alkyl halides is 1. The summed E-state index contributed by atoms with van der Waals surface area (Å²) in [5.41, 5.74) is 4.25. The van der Waals surface area contributed by atoms with Crippen LogP contribution in [0.15, 0.2) is 24.3 Å². The average molecular weight is 281 g/mol. The zero-order valence-corrected chi connectivity index (χ0v) is 11.7. The third kappa shape index (κ3) is 1.94. The molecule has 0 radical (unpaired) electrons. The number of benzene rings is 1. The van der Waals surface area contributed by atoms with Crippen LogP contribution < -0.4 is 0 Å². The predicted molar refractivity (Wildman–Crippen MR) is 75.2 cm³/mol. The molecule has 1 aliphatic rings. The van der Waals surface area contributed by atoms with E-state index in [1.54, 1.807) is 0 Å². The van der Waals surface area contributed by atoms with Gasteiger partial charge in [-0.15, -0.1) is 11.6 Å². The van der Waals surface area contributed by atoms with Crippen molar-refractivity contribution in [3.8, 4) is 11.3 Å². The lowest BCUT2D eigenvalue weighted by atomic mass is 10.0. The second-order valence-electron chi connectivity index (χ2n) is 4.70. The Bertz CT molecular complexity index is 589. The van der Waals surface area contributed by atoms with E-state index < -0.39 is 0 Å². The first kappa shape index (κ1) is 12.1. The summed E-state index contributed by atoms with van der Waals surface area (Å²) in [6.07, 6.45) is 2.12. The number of hydrogen-bond donors (Lipinski definition) is 0. The van der Waals surface area contributed by atoms with Crippen LogP contribution in [0, 0.1) is 6.92 Å². The Morgan fingerprint density at radius 3 is 3.00 bits per heavy atom. The Balaban J connectivity index is 2.10. The lowest BCUT2D eigenvalue weighted by Crippen LogP contribution is -2.12. The number of hydrogen-bond acceptors (Lipinski definition) is 1. The van der Waals surface area contributed by atoms with E-state index in [9.17, 15) is 0 Å². The maximum atomic E-state index is 6.33. The van der Waals surface area contributed by atoms with E-state index >= 15 is 0 Å². The molecular formula is C14H14Cl2N2. The average Bonchev–Trinajstić information content (AvgIpc) is 2.78. The maximum absolute atomic E-state index is 6.33. The fraction of sp³-hybridized carbons (Fsp3) is 0.357. The highest BCUT2D eigenvalue weighted by Gasteiger charge is 2.21. The number of halogens is 2. The third-order valence-electron chi connectivity index (χ3n) is 3.50. The Morgan fingerprint density at radius 2 is 2.22 bits per heavy atom. The summed E-state index contributed by atoms with van der Waals surface area (Å²) in [4.78, 5) is 0. The molecule has 1 unspecified atom stereocenters. The summed E-state index contributed by atoms with van der Waals surface area (Å²) < 4.78 is 2.02. The fourth-order valence-electron chi connectivity index (χ4n) is 2.45. The Hall–Kier alpha value is -0.990. The van der Waals surface area contributed by atoms with Crippen molar-refractivity contribution in [1.29, 1.82) is 0 Å². The van der Waals surface area contributed by atoms with Gasteiger partial charge in [0.05, 0.1) is 16.8 Å². The van der Waals surface area contributed by atoms with Crippen molar-refractivity contribution in [2.75, 3.05) is 0 Å². The first-order valence-corrected chi connectivity index (χ1v) is 6.95. The molecule has 4 heteroatoms. The molecule has 0 aliphatic carbocycles. The topological polar surface area (TPSA) is 17.8 Å². The van der Waals surface area contributed by atoms with Crippen molar-refractivity contribution in [2.45, 2.75) is 31.7 Å². The van der Waals surface area contributed by atoms with Crippen molar-refractivity contribution in [3.63, 3.8) is 0 Å². The van der Waals surface area contributed by atoms with Crippen LogP contribution in [0.2, 0.25) is 5.02 Å². The zero-order chi connectivity index (χ0) is 12.7. The minimum atomic E-state index is 0.0829. The molecule has 0 saturated carbocycles. The minimum absolute atomic E-state index is 0.0829. The lowest BCUT2D eigenvalue weighted by Gasteiger charge is -2.17. The summed E-state index contributed by atoms with van der Waals surface area (Å²) >= 11 is 12.5. The van der Waals surface area contributed by atoms with Crippen LogP contribution in [-0.2, 0) is 6.54 Å². The summed E-state index contributed by atoms with van der Waals surface area (Å²) in [7, 11) is 0. The molecule has 3 rings (SSSR count). The van der Waals surface area contributed by atoms with E-state index in [-0.39, 0.29) is 5.38 Å². The summed E-state index contributed by atoms with van der Waals surface area (Å²) in [6, 6.07) is 8.01. The van der Waals surface area contributed by atoms with Crippen LogP contribution in [0.1, 0.15) is 29.5 Å². The number of fused-ring (bicyclic) bond motifs is 1. The van der Waals surface area contributed by atoms with Gasteiger partial charge in [0, 0.05) is 17.1 Å². The number of nitrogens with zero attached hydrogens (tertiary/aromatic N) is 2. The van der Waals surface area contributed by atoms with Gasteiger partial charge in [-0.2, -0.15) is 5.10 Å². The van der Waals surface area contributed by atoms with Gasteiger partial charge in [0.25, 0.3) is 0 Å². The van der Waals surface area contributed by atoms with E-state index in [0.717, 1.165) is 46.9 Å². The second-order valence-corrected chi connectivity index (χ2v) is 5.63. The smallest absolute Gasteiger partial charge is 0.0929 e. The van der Waals surface area contributed by atoms with Gasteiger partial charge >= 0.3 is 0 Å². The highest BCUT2D eigenvalue weighted by Crippen LogP contribution is 2.35. The molecule has 94 valence electrons. The van der Waals surface area contributed by atoms with Crippen molar-refractivity contribution in [2.24, 2.45) is 0 Å². The SMILES string of the molecule is Cc1c(Cl)cccc1-c1cc2n(n1)CCCC2Cl. The molecule has 0 fully saturated rings. The van der Waals surface area contributed by atoms with Crippen LogP contribution in [0.3, 0.4) is 0 Å². The second kappa shape index (κ2) is 4.60. The molecule has 0 spiro atoms. The monoisotopic (exact) mass is 280 g/mol. The number of rotatable bonds is 1. The van der Waals surface area contributed by atoms with Gasteiger partial charge in [-0.1, -0.05) is 23.7 Å². The first-order valence-electron chi connectivity index (χ1n) is 6.14. The molecule has 18 heavy (non-hydrogen) atoms. The van der Waals surface area contributed by atoms with Gasteiger partial charge < -0.3 is 0 Å². The molecular weight excluding hydrogens is 267 g/mol. The quantitative estimate of drug-likeness (QED) is 0.699. The number of aromatic nitrogens is 2. The van der Waals surface area contributed by atoms with Gasteiger partial charge in [-0.05, 0) is 37.5 Å². The van der Waals surface area contributed by atoms with E-state index in [0.29, 0.717) is 0 Å². The highest BCUT2D eigenvalue weighted by molar-refractivity contribution is 6.31. The third-order valence-corrected chi connectivity index (χ3v) is 4.35. The van der Waals surface area contributed by atoms with Crippen LogP contribution >= 0.6 is 23.2 Å². The zero-order valence-electron chi connectivity index (χ0n) is 10.2. The van der Waals surface area contributed by atoms with Crippen molar-refractivity contribution >= 4 is 23.2 Å². The molecule has 1 aromatic heterocycles. The summed E-state index contributed by atoms with van der Waals surface area (Å²) in [5, 5.41) is 5.51. The van der Waals surface area contributed by atoms with E-state index in [4.69, 9.17) is 23.2 Å². The molecule has 1 atom stereocenters. The molecule has 0 N–H and O–H groups in total. The standard InChI is InChI=1S/C14H14Cl2N2/c1-9-10(4-2-5-11(9)15)13-8-14-12(16)6-3-7-18(14)17-13/h2,4-5,8,12H,3,6-7H2,1H3. The molecule has 0 amide bonds. The van der Waals surface area contributed by atoms with Crippen LogP contribution in [-0.4, -0.2) is 9.78 Å². The van der Waals surface area contributed by atoms with Crippen molar-refractivity contribution < 1.29 is 0 Å². The van der Waals surface area contributed by atoms with E-state index in [1.165, 1.54) is 0 Å². The predicted octanol–water partition coefficient (Wildman–Crippen LogP) is 4.59. The molecule has 0 saturated heterocycles. The van der Waals surface area contributed by atoms with Gasteiger partial charge in [-0.25, -0.2) is 0 Å². The summed E-state index contributed by atoms with van der Waals surface area (Å²) in [5.74, 6) is 0. The first-order chi connectivity index (χ1) is 8.66. The molecule has 1 aromatic carbocycles.